The van der Waals surface area contributed by atoms with Gasteiger partial charge >= 0.3 is 0 Å². The Bertz CT molecular complexity index is 407. The molecule has 2 rings (SSSR count). The van der Waals surface area contributed by atoms with Crippen molar-refractivity contribution in [2.24, 2.45) is 0 Å². The summed E-state index contributed by atoms with van der Waals surface area (Å²) >= 11 is 0. The molecule has 1 unspecified atom stereocenters. The van der Waals surface area contributed by atoms with Crippen molar-refractivity contribution in [2.45, 2.75) is 12.5 Å². The summed E-state index contributed by atoms with van der Waals surface area (Å²) in [5.41, 5.74) is 1.22. The van der Waals surface area contributed by atoms with E-state index in [4.69, 9.17) is 0 Å². The monoisotopic (exact) mass is 262 g/mol. The van der Waals surface area contributed by atoms with Crippen LogP contribution in [-0.2, 0) is 11.2 Å². The van der Waals surface area contributed by atoms with Crippen LogP contribution in [0.2, 0.25) is 0 Å². The molecule has 0 aromatic carbocycles. The van der Waals surface area contributed by atoms with Crippen LogP contribution in [0.3, 0.4) is 0 Å². The number of likely N-dealkylation sites (N-methyl/N-ethyl adjacent to an activating group) is 1. The van der Waals surface area contributed by atoms with Gasteiger partial charge < -0.3 is 10.2 Å². The maximum Gasteiger partial charge on any atom is 0.240 e. The molecule has 1 aromatic rings. The van der Waals surface area contributed by atoms with Crippen molar-refractivity contribution in [1.29, 1.82) is 0 Å². The minimum atomic E-state index is -0.0413. The lowest BCUT2D eigenvalue weighted by atomic mass is 10.1. The van der Waals surface area contributed by atoms with Gasteiger partial charge in [0.05, 0.1) is 0 Å². The second-order valence-electron chi connectivity index (χ2n) is 5.10. The van der Waals surface area contributed by atoms with Gasteiger partial charge in [0.25, 0.3) is 0 Å². The van der Waals surface area contributed by atoms with E-state index in [9.17, 15) is 4.79 Å². The van der Waals surface area contributed by atoms with Crippen molar-refractivity contribution < 1.29 is 4.79 Å². The number of hydrogen-bond acceptors (Lipinski definition) is 4. The molecule has 19 heavy (non-hydrogen) atoms. The quantitative estimate of drug-likeness (QED) is 0.829. The van der Waals surface area contributed by atoms with Crippen LogP contribution in [0.25, 0.3) is 0 Å². The summed E-state index contributed by atoms with van der Waals surface area (Å²) in [5.74, 6) is 0.179. The second-order valence-corrected chi connectivity index (χ2v) is 5.10. The smallest absolute Gasteiger partial charge is 0.240 e. The zero-order valence-corrected chi connectivity index (χ0v) is 11.7. The molecule has 2 heterocycles. The summed E-state index contributed by atoms with van der Waals surface area (Å²) in [6.07, 6.45) is 4.61. The normalized spacial score (nSPS) is 20.2. The largest absolute Gasteiger partial charge is 0.347 e. The van der Waals surface area contributed by atoms with Gasteiger partial charge in [0.2, 0.25) is 5.91 Å². The molecule has 1 saturated heterocycles. The number of amides is 1. The maximum atomic E-state index is 12.2. The van der Waals surface area contributed by atoms with Crippen LogP contribution in [0.1, 0.15) is 5.56 Å². The van der Waals surface area contributed by atoms with Gasteiger partial charge in [0.15, 0.2) is 0 Å². The predicted molar refractivity (Wildman–Crippen MR) is 74.9 cm³/mol. The Balaban J connectivity index is 1.94. The standard InChI is InChI=1S/C14H22N4O/c1-17(2)14(19)13-11-16-7-9-18(13)8-5-12-4-3-6-15-10-12/h3-4,6,10,13,16H,5,7-9,11H2,1-2H3. The zero-order chi connectivity index (χ0) is 13.7. The first-order valence-electron chi connectivity index (χ1n) is 6.73. The number of nitrogens with zero attached hydrogens (tertiary/aromatic N) is 3. The molecule has 0 saturated carbocycles. The third-order valence-electron chi connectivity index (χ3n) is 3.49. The van der Waals surface area contributed by atoms with Gasteiger partial charge in [0.1, 0.15) is 6.04 Å². The lowest BCUT2D eigenvalue weighted by Gasteiger charge is -2.36. The Kier molecular flexibility index (Phi) is 4.87. The molecule has 0 aliphatic carbocycles. The molecule has 1 aliphatic rings. The number of carbonyl (C=O) groups is 1. The van der Waals surface area contributed by atoms with Crippen LogP contribution in [-0.4, -0.2) is 67.0 Å². The van der Waals surface area contributed by atoms with Gasteiger partial charge in [-0.2, -0.15) is 0 Å². The topological polar surface area (TPSA) is 48.5 Å². The van der Waals surface area contributed by atoms with Gasteiger partial charge in [-0.15, -0.1) is 0 Å². The van der Waals surface area contributed by atoms with E-state index in [0.29, 0.717) is 0 Å². The van der Waals surface area contributed by atoms with Crippen LogP contribution in [0.15, 0.2) is 24.5 Å². The SMILES string of the molecule is CN(C)C(=O)C1CNCCN1CCc1cccnc1. The number of hydrogen-bond donors (Lipinski definition) is 1. The zero-order valence-electron chi connectivity index (χ0n) is 11.7. The Hall–Kier alpha value is -1.46. The molecule has 5 nitrogen and oxygen atoms in total. The first-order valence-corrected chi connectivity index (χ1v) is 6.73. The molecule has 1 N–H and O–H groups in total. The van der Waals surface area contributed by atoms with Crippen molar-refractivity contribution in [3.63, 3.8) is 0 Å². The Labute approximate surface area is 114 Å². The van der Waals surface area contributed by atoms with Gasteiger partial charge in [-0.05, 0) is 18.1 Å². The third kappa shape index (κ3) is 3.75. The van der Waals surface area contributed by atoms with Crippen LogP contribution in [0, 0.1) is 0 Å². The fourth-order valence-electron chi connectivity index (χ4n) is 2.37. The third-order valence-corrected chi connectivity index (χ3v) is 3.49. The highest BCUT2D eigenvalue weighted by atomic mass is 16.2. The molecule has 1 amide bonds. The fraction of sp³-hybridized carbons (Fsp3) is 0.571. The fourth-order valence-corrected chi connectivity index (χ4v) is 2.37. The van der Waals surface area contributed by atoms with Crippen molar-refractivity contribution in [3.05, 3.63) is 30.1 Å². The predicted octanol–water partition coefficient (Wildman–Crippen LogP) is -0.0139. The Morgan fingerprint density at radius 2 is 2.42 bits per heavy atom. The number of carbonyl (C=O) groups excluding carboxylic acids is 1. The lowest BCUT2D eigenvalue weighted by Crippen LogP contribution is -2.57. The average molecular weight is 262 g/mol. The molecule has 5 heteroatoms. The highest BCUT2D eigenvalue weighted by Crippen LogP contribution is 2.08. The van der Waals surface area contributed by atoms with E-state index < -0.39 is 0 Å². The maximum absolute atomic E-state index is 12.2. The number of rotatable bonds is 4. The highest BCUT2D eigenvalue weighted by Gasteiger charge is 2.29. The molecule has 1 fully saturated rings. The summed E-state index contributed by atoms with van der Waals surface area (Å²) in [6, 6.07) is 3.99. The molecular formula is C14H22N4O. The van der Waals surface area contributed by atoms with Crippen LogP contribution in [0.5, 0.6) is 0 Å². The summed E-state index contributed by atoms with van der Waals surface area (Å²) in [5, 5.41) is 3.30. The van der Waals surface area contributed by atoms with Crippen molar-refractivity contribution >= 4 is 5.91 Å². The molecular weight excluding hydrogens is 240 g/mol. The summed E-state index contributed by atoms with van der Waals surface area (Å²) < 4.78 is 0. The Morgan fingerprint density at radius 3 is 3.11 bits per heavy atom. The van der Waals surface area contributed by atoms with Crippen molar-refractivity contribution in [3.8, 4) is 0 Å². The number of nitrogens with one attached hydrogen (secondary N) is 1. The van der Waals surface area contributed by atoms with Gasteiger partial charge in [-0.25, -0.2) is 0 Å². The van der Waals surface area contributed by atoms with Crippen LogP contribution < -0.4 is 5.32 Å². The second kappa shape index (κ2) is 6.63. The van der Waals surface area contributed by atoms with E-state index in [1.54, 1.807) is 11.1 Å². The number of pyridine rings is 1. The van der Waals surface area contributed by atoms with E-state index in [2.05, 4.69) is 21.3 Å². The highest BCUT2D eigenvalue weighted by molar-refractivity contribution is 5.81. The molecule has 0 radical (unpaired) electrons. The van der Waals surface area contributed by atoms with Crippen LogP contribution in [0.4, 0.5) is 0 Å². The van der Waals surface area contributed by atoms with E-state index in [1.807, 2.05) is 26.4 Å². The summed E-state index contributed by atoms with van der Waals surface area (Å²) in [4.78, 5) is 20.2. The van der Waals surface area contributed by atoms with Gasteiger partial charge in [-0.3, -0.25) is 14.7 Å². The van der Waals surface area contributed by atoms with Crippen molar-refractivity contribution in [1.82, 2.24) is 20.1 Å². The van der Waals surface area contributed by atoms with Crippen LogP contribution >= 0.6 is 0 Å². The first kappa shape index (κ1) is 14.0. The van der Waals surface area contributed by atoms with E-state index in [0.717, 1.165) is 32.6 Å². The van der Waals surface area contributed by atoms with Crippen molar-refractivity contribution in [2.75, 3.05) is 40.3 Å². The lowest BCUT2D eigenvalue weighted by molar-refractivity contribution is -0.135. The number of piperazine rings is 1. The molecule has 1 aromatic heterocycles. The minimum absolute atomic E-state index is 0.0413. The van der Waals surface area contributed by atoms with Gasteiger partial charge in [-0.1, -0.05) is 6.07 Å². The molecule has 1 atom stereocenters. The summed E-state index contributed by atoms with van der Waals surface area (Å²) in [6.45, 7) is 3.51. The van der Waals surface area contributed by atoms with E-state index >= 15 is 0 Å². The Morgan fingerprint density at radius 1 is 1.58 bits per heavy atom. The first-order chi connectivity index (χ1) is 9.18. The van der Waals surface area contributed by atoms with Gasteiger partial charge in [0, 0.05) is 52.7 Å². The molecule has 0 bridgehead atoms. The van der Waals surface area contributed by atoms with E-state index in [-0.39, 0.29) is 11.9 Å². The minimum Gasteiger partial charge on any atom is -0.347 e. The molecule has 0 spiro atoms. The number of aromatic nitrogens is 1. The average Bonchev–Trinajstić information content (AvgIpc) is 2.45. The molecule has 104 valence electrons. The molecule has 1 aliphatic heterocycles. The summed E-state index contributed by atoms with van der Waals surface area (Å²) in [7, 11) is 3.63. The van der Waals surface area contributed by atoms with E-state index in [1.165, 1.54) is 5.56 Å².